The molecule has 0 aliphatic rings. The number of rotatable bonds is 3. The van der Waals surface area contributed by atoms with Crippen molar-refractivity contribution >= 4 is 32.9 Å². The zero-order valence-electron chi connectivity index (χ0n) is 10.9. The summed E-state index contributed by atoms with van der Waals surface area (Å²) in [7, 11) is 0. The summed E-state index contributed by atoms with van der Waals surface area (Å²) >= 11 is 1.66. The van der Waals surface area contributed by atoms with Gasteiger partial charge in [0.15, 0.2) is 4.96 Å². The first kappa shape index (κ1) is 11.5. The number of H-pyrrole nitrogens is 1. The Bertz CT molecular complexity index is 885. The summed E-state index contributed by atoms with van der Waals surface area (Å²) in [6, 6.07) is 6.20. The molecule has 100 valence electrons. The molecule has 0 fully saturated rings. The van der Waals surface area contributed by atoms with E-state index in [2.05, 4.69) is 61.6 Å². The molecule has 0 saturated heterocycles. The highest BCUT2D eigenvalue weighted by Gasteiger charge is 2.09. The molecule has 0 aliphatic heterocycles. The number of thiazole rings is 1. The Morgan fingerprint density at radius 1 is 1.40 bits per heavy atom. The van der Waals surface area contributed by atoms with Crippen molar-refractivity contribution in [2.75, 3.05) is 5.32 Å². The second-order valence-electron chi connectivity index (χ2n) is 4.73. The molecule has 4 rings (SSSR count). The van der Waals surface area contributed by atoms with Crippen LogP contribution < -0.4 is 5.32 Å². The Morgan fingerprint density at radius 3 is 3.30 bits per heavy atom. The summed E-state index contributed by atoms with van der Waals surface area (Å²) < 4.78 is 2.14. The molecule has 0 atom stereocenters. The van der Waals surface area contributed by atoms with Gasteiger partial charge in [-0.1, -0.05) is 0 Å². The number of nitrogens with zero attached hydrogens (tertiary/aromatic N) is 3. The van der Waals surface area contributed by atoms with Crippen LogP contribution in [0.15, 0.2) is 36.0 Å². The van der Waals surface area contributed by atoms with Gasteiger partial charge in [-0.3, -0.25) is 9.50 Å². The van der Waals surface area contributed by atoms with Gasteiger partial charge in [0.05, 0.1) is 29.6 Å². The lowest BCUT2D eigenvalue weighted by atomic mass is 10.2. The van der Waals surface area contributed by atoms with Crippen LogP contribution in [0.3, 0.4) is 0 Å². The number of hydrogen-bond donors (Lipinski definition) is 2. The van der Waals surface area contributed by atoms with Crippen LogP contribution in [0.2, 0.25) is 0 Å². The van der Waals surface area contributed by atoms with E-state index in [4.69, 9.17) is 0 Å². The van der Waals surface area contributed by atoms with Gasteiger partial charge >= 0.3 is 0 Å². The molecule has 2 N–H and O–H groups in total. The van der Waals surface area contributed by atoms with E-state index in [1.165, 1.54) is 5.69 Å². The molecule has 0 bridgehead atoms. The summed E-state index contributed by atoms with van der Waals surface area (Å²) in [6.07, 6.45) is 3.89. The fourth-order valence-electron chi connectivity index (χ4n) is 2.39. The lowest BCUT2D eigenvalue weighted by molar-refractivity contribution is 0.995. The molecule has 3 aromatic heterocycles. The van der Waals surface area contributed by atoms with Gasteiger partial charge in [-0.05, 0) is 25.1 Å². The second-order valence-corrected chi connectivity index (χ2v) is 5.60. The smallest absolute Gasteiger partial charge is 0.194 e. The minimum atomic E-state index is 0.753. The van der Waals surface area contributed by atoms with Crippen LogP contribution in [-0.4, -0.2) is 19.6 Å². The number of imidazole rings is 1. The first-order valence-corrected chi connectivity index (χ1v) is 7.27. The van der Waals surface area contributed by atoms with Crippen molar-refractivity contribution in [1.29, 1.82) is 0 Å². The molecular weight excluding hydrogens is 270 g/mol. The number of anilines is 1. The predicted molar refractivity (Wildman–Crippen MR) is 81.2 cm³/mol. The van der Waals surface area contributed by atoms with E-state index in [9.17, 15) is 0 Å². The Kier molecular flexibility index (Phi) is 2.50. The predicted octanol–water partition coefficient (Wildman–Crippen LogP) is 3.19. The van der Waals surface area contributed by atoms with E-state index in [1.54, 1.807) is 11.3 Å². The maximum absolute atomic E-state index is 4.55. The zero-order valence-corrected chi connectivity index (χ0v) is 11.7. The Balaban J connectivity index is 1.63. The van der Waals surface area contributed by atoms with Crippen molar-refractivity contribution in [3.05, 3.63) is 47.4 Å². The summed E-state index contributed by atoms with van der Waals surface area (Å²) in [6.45, 7) is 2.80. The standard InChI is InChI=1S/C14H13N5S/c1-9-13(19-4-5-20-14(19)17-9)8-15-11-3-2-10-7-16-18-12(10)6-11/h2-7,15H,8H2,1H3,(H,16,18). The number of aryl methyl sites for hydroxylation is 1. The van der Waals surface area contributed by atoms with E-state index in [0.29, 0.717) is 0 Å². The number of nitrogens with one attached hydrogen (secondary N) is 2. The van der Waals surface area contributed by atoms with Crippen LogP contribution >= 0.6 is 11.3 Å². The van der Waals surface area contributed by atoms with Crippen molar-refractivity contribution in [3.63, 3.8) is 0 Å². The van der Waals surface area contributed by atoms with Gasteiger partial charge in [-0.25, -0.2) is 4.98 Å². The summed E-state index contributed by atoms with van der Waals surface area (Å²) in [5.41, 5.74) is 4.39. The molecule has 20 heavy (non-hydrogen) atoms. The largest absolute Gasteiger partial charge is 0.379 e. The van der Waals surface area contributed by atoms with Crippen LogP contribution in [0.4, 0.5) is 5.69 Å². The average molecular weight is 283 g/mol. The van der Waals surface area contributed by atoms with Crippen molar-refractivity contribution in [3.8, 4) is 0 Å². The van der Waals surface area contributed by atoms with Gasteiger partial charge in [-0.2, -0.15) is 5.10 Å². The van der Waals surface area contributed by atoms with E-state index in [-0.39, 0.29) is 0 Å². The highest BCUT2D eigenvalue weighted by atomic mass is 32.1. The van der Waals surface area contributed by atoms with Crippen molar-refractivity contribution in [2.45, 2.75) is 13.5 Å². The molecule has 0 aliphatic carbocycles. The first-order valence-electron chi connectivity index (χ1n) is 6.39. The maximum Gasteiger partial charge on any atom is 0.194 e. The molecule has 0 radical (unpaired) electrons. The molecule has 0 unspecified atom stereocenters. The number of aromatic nitrogens is 4. The highest BCUT2D eigenvalue weighted by Crippen LogP contribution is 2.20. The molecule has 4 aromatic rings. The Hall–Kier alpha value is -2.34. The third-order valence-corrected chi connectivity index (χ3v) is 4.22. The van der Waals surface area contributed by atoms with Crippen LogP contribution in [0.1, 0.15) is 11.4 Å². The van der Waals surface area contributed by atoms with Crippen LogP contribution in [-0.2, 0) is 6.54 Å². The quantitative estimate of drug-likeness (QED) is 0.607. The molecule has 0 saturated carbocycles. The van der Waals surface area contributed by atoms with Crippen molar-refractivity contribution in [1.82, 2.24) is 19.6 Å². The van der Waals surface area contributed by atoms with Crippen molar-refractivity contribution in [2.24, 2.45) is 0 Å². The van der Waals surface area contributed by atoms with Crippen LogP contribution in [0.5, 0.6) is 0 Å². The molecule has 0 spiro atoms. The fraction of sp³-hybridized carbons (Fsp3) is 0.143. The maximum atomic E-state index is 4.55. The van der Waals surface area contributed by atoms with Gasteiger partial charge < -0.3 is 5.32 Å². The third kappa shape index (κ3) is 1.77. The molecule has 1 aromatic carbocycles. The van der Waals surface area contributed by atoms with E-state index < -0.39 is 0 Å². The van der Waals surface area contributed by atoms with Gasteiger partial charge in [0.1, 0.15) is 0 Å². The number of fused-ring (bicyclic) bond motifs is 2. The van der Waals surface area contributed by atoms with E-state index >= 15 is 0 Å². The zero-order chi connectivity index (χ0) is 13.5. The van der Waals surface area contributed by atoms with Gasteiger partial charge in [-0.15, -0.1) is 11.3 Å². The normalized spacial score (nSPS) is 11.4. The SMILES string of the molecule is Cc1nc2sccn2c1CNc1ccc2cn[nH]c2c1. The fourth-order valence-corrected chi connectivity index (χ4v) is 3.17. The summed E-state index contributed by atoms with van der Waals surface area (Å²) in [5.74, 6) is 0. The van der Waals surface area contributed by atoms with Crippen molar-refractivity contribution < 1.29 is 0 Å². The summed E-state index contributed by atoms with van der Waals surface area (Å²) in [4.78, 5) is 5.60. The first-order chi connectivity index (χ1) is 9.81. The number of benzene rings is 1. The summed E-state index contributed by atoms with van der Waals surface area (Å²) in [5, 5.41) is 13.6. The molecule has 6 heteroatoms. The molecule has 0 amide bonds. The number of aromatic amines is 1. The average Bonchev–Trinajstić information content (AvgIpc) is 3.12. The minimum Gasteiger partial charge on any atom is -0.379 e. The minimum absolute atomic E-state index is 0.753. The van der Waals surface area contributed by atoms with E-state index in [0.717, 1.165) is 33.8 Å². The monoisotopic (exact) mass is 283 g/mol. The van der Waals surface area contributed by atoms with Gasteiger partial charge in [0.25, 0.3) is 0 Å². The number of hydrogen-bond acceptors (Lipinski definition) is 4. The molecule has 3 heterocycles. The highest BCUT2D eigenvalue weighted by molar-refractivity contribution is 7.15. The lowest BCUT2D eigenvalue weighted by Gasteiger charge is -2.06. The molecular formula is C14H13N5S. The Labute approximate surface area is 119 Å². The van der Waals surface area contributed by atoms with Gasteiger partial charge in [0, 0.05) is 22.7 Å². The van der Waals surface area contributed by atoms with Gasteiger partial charge in [0.2, 0.25) is 0 Å². The topological polar surface area (TPSA) is 58.0 Å². The van der Waals surface area contributed by atoms with Crippen LogP contribution in [0, 0.1) is 6.92 Å². The lowest BCUT2D eigenvalue weighted by Crippen LogP contribution is -2.03. The second kappa shape index (κ2) is 4.35. The molecule has 5 nitrogen and oxygen atoms in total. The Morgan fingerprint density at radius 2 is 2.35 bits per heavy atom. The van der Waals surface area contributed by atoms with Crippen LogP contribution in [0.25, 0.3) is 15.9 Å². The van der Waals surface area contributed by atoms with E-state index in [1.807, 2.05) is 6.20 Å². The third-order valence-electron chi connectivity index (χ3n) is 3.46.